The minimum atomic E-state index is 0.0791. The van der Waals surface area contributed by atoms with E-state index in [2.05, 4.69) is 60.7 Å². The van der Waals surface area contributed by atoms with Crippen LogP contribution in [-0.4, -0.2) is 9.55 Å². The highest BCUT2D eigenvalue weighted by Gasteiger charge is 2.23. The third kappa shape index (κ3) is 2.20. The lowest BCUT2D eigenvalue weighted by atomic mass is 10.0. The molecule has 0 fully saturated rings. The molecule has 3 rings (SSSR count). The number of hydrogen-bond donors (Lipinski definition) is 0. The number of aromatic nitrogens is 2. The smallest absolute Gasteiger partial charge is 0.141 e. The number of benzene rings is 1. The van der Waals surface area contributed by atoms with Crippen LogP contribution in [0.1, 0.15) is 41.0 Å². The zero-order valence-corrected chi connectivity index (χ0v) is 13.1. The maximum absolute atomic E-state index is 4.60. The Morgan fingerprint density at radius 1 is 1.00 bits per heavy atom. The van der Waals surface area contributed by atoms with Crippen molar-refractivity contribution in [2.24, 2.45) is 0 Å². The fraction of sp³-hybridized carbons (Fsp3) is 0.389. The molecule has 0 aliphatic carbocycles. The maximum Gasteiger partial charge on any atom is 0.141 e. The fourth-order valence-electron chi connectivity index (χ4n) is 2.57. The molecule has 2 heterocycles. The lowest BCUT2D eigenvalue weighted by Crippen LogP contribution is -2.25. The fourth-order valence-corrected chi connectivity index (χ4v) is 2.57. The van der Waals surface area contributed by atoms with E-state index >= 15 is 0 Å². The van der Waals surface area contributed by atoms with E-state index < -0.39 is 0 Å². The van der Waals surface area contributed by atoms with E-state index in [9.17, 15) is 0 Å². The van der Waals surface area contributed by atoms with Gasteiger partial charge < -0.3 is 4.57 Å². The lowest BCUT2D eigenvalue weighted by Gasteiger charge is -2.27. The van der Waals surface area contributed by atoms with Gasteiger partial charge in [0.2, 0.25) is 0 Å². The van der Waals surface area contributed by atoms with Crippen LogP contribution < -0.4 is 0 Å². The highest BCUT2D eigenvalue weighted by molar-refractivity contribution is 6.06. The molecule has 0 saturated carbocycles. The summed E-state index contributed by atoms with van der Waals surface area (Å²) in [7, 11) is 0. The molecular weight excluding hydrogens is 244 g/mol. The first-order valence-corrected chi connectivity index (χ1v) is 7.50. The van der Waals surface area contributed by atoms with E-state index in [4.69, 9.17) is 0 Å². The molecule has 2 aromatic heterocycles. The van der Waals surface area contributed by atoms with E-state index in [0.29, 0.717) is 0 Å². The molecule has 0 saturated heterocycles. The Balaban J connectivity index is 0.000000704. The number of para-hydroxylation sites is 1. The second kappa shape index (κ2) is 5.66. The number of rotatable bonds is 2. The van der Waals surface area contributed by atoms with Crippen molar-refractivity contribution in [3.05, 3.63) is 42.6 Å². The van der Waals surface area contributed by atoms with Gasteiger partial charge in [-0.2, -0.15) is 0 Å². The van der Waals surface area contributed by atoms with Gasteiger partial charge in [-0.1, -0.05) is 39.0 Å². The van der Waals surface area contributed by atoms with Crippen LogP contribution in [0.25, 0.3) is 21.9 Å². The summed E-state index contributed by atoms with van der Waals surface area (Å²) in [6.45, 7) is 10.8. The van der Waals surface area contributed by atoms with Crippen molar-refractivity contribution in [2.45, 2.75) is 46.6 Å². The molecule has 0 aliphatic heterocycles. The highest BCUT2D eigenvalue weighted by Crippen LogP contribution is 2.33. The van der Waals surface area contributed by atoms with Gasteiger partial charge >= 0.3 is 0 Å². The Morgan fingerprint density at radius 3 is 2.35 bits per heavy atom. The van der Waals surface area contributed by atoms with E-state index in [1.807, 2.05) is 26.1 Å². The zero-order valence-electron chi connectivity index (χ0n) is 13.1. The summed E-state index contributed by atoms with van der Waals surface area (Å²) in [6, 6.07) is 12.7. The van der Waals surface area contributed by atoms with Crippen LogP contribution in [0.3, 0.4) is 0 Å². The topological polar surface area (TPSA) is 17.8 Å². The lowest BCUT2D eigenvalue weighted by molar-refractivity contribution is 0.362. The van der Waals surface area contributed by atoms with Crippen LogP contribution in [0, 0.1) is 0 Å². The molecule has 20 heavy (non-hydrogen) atoms. The Labute approximate surface area is 121 Å². The molecule has 0 amide bonds. The number of hydrogen-bond acceptors (Lipinski definition) is 1. The Bertz CT molecular complexity index is 654. The van der Waals surface area contributed by atoms with Crippen molar-refractivity contribution in [3.63, 3.8) is 0 Å². The molecule has 2 nitrogen and oxygen atoms in total. The van der Waals surface area contributed by atoms with Gasteiger partial charge in [0.1, 0.15) is 5.65 Å². The normalized spacial score (nSPS) is 11.4. The Hall–Kier alpha value is -1.83. The van der Waals surface area contributed by atoms with Gasteiger partial charge in [0.15, 0.2) is 0 Å². The van der Waals surface area contributed by atoms with Gasteiger partial charge in [-0.3, -0.25) is 0 Å². The molecule has 0 unspecified atom stereocenters. The zero-order chi connectivity index (χ0) is 14.8. The minimum absolute atomic E-state index is 0.0791. The van der Waals surface area contributed by atoms with Crippen LogP contribution in [0.4, 0.5) is 0 Å². The van der Waals surface area contributed by atoms with Gasteiger partial charge in [-0.25, -0.2) is 4.98 Å². The molecular formula is C18H24N2. The summed E-state index contributed by atoms with van der Waals surface area (Å²) in [5.41, 5.74) is 2.44. The van der Waals surface area contributed by atoms with Crippen LogP contribution in [0.2, 0.25) is 0 Å². The standard InChI is InChI=1S/C16H18N2.C2H6/c1-4-16(2,3)18-14-10-6-5-8-12(14)13-9-7-11-17-15(13)18;1-2/h5-11H,4H2,1-3H3;1-2H3. The second-order valence-corrected chi connectivity index (χ2v) is 5.39. The molecule has 2 heteroatoms. The predicted octanol–water partition coefficient (Wildman–Crippen LogP) is 5.36. The predicted molar refractivity (Wildman–Crippen MR) is 88.2 cm³/mol. The van der Waals surface area contributed by atoms with Crippen LogP contribution in [0.15, 0.2) is 42.6 Å². The van der Waals surface area contributed by atoms with Gasteiger partial charge in [-0.15, -0.1) is 0 Å². The van der Waals surface area contributed by atoms with Crippen molar-refractivity contribution in [3.8, 4) is 0 Å². The first-order chi connectivity index (χ1) is 9.65. The number of pyridine rings is 1. The Morgan fingerprint density at radius 2 is 1.65 bits per heavy atom. The third-order valence-corrected chi connectivity index (χ3v) is 3.90. The summed E-state index contributed by atoms with van der Waals surface area (Å²) in [5.74, 6) is 0. The van der Waals surface area contributed by atoms with Gasteiger partial charge in [0.25, 0.3) is 0 Å². The van der Waals surface area contributed by atoms with E-state index in [1.165, 1.54) is 16.3 Å². The average Bonchev–Trinajstić information content (AvgIpc) is 2.84. The van der Waals surface area contributed by atoms with Crippen LogP contribution in [0.5, 0.6) is 0 Å². The van der Waals surface area contributed by atoms with Gasteiger partial charge in [0, 0.05) is 22.5 Å². The average molecular weight is 268 g/mol. The summed E-state index contributed by atoms with van der Waals surface area (Å²) in [5, 5.41) is 2.54. The quantitative estimate of drug-likeness (QED) is 0.611. The Kier molecular flexibility index (Phi) is 4.12. The summed E-state index contributed by atoms with van der Waals surface area (Å²) in [4.78, 5) is 4.60. The summed E-state index contributed by atoms with van der Waals surface area (Å²) in [6.07, 6.45) is 2.96. The molecule has 0 aliphatic rings. The molecule has 0 spiro atoms. The number of nitrogens with zero attached hydrogens (tertiary/aromatic N) is 2. The third-order valence-electron chi connectivity index (χ3n) is 3.90. The molecule has 1 aromatic carbocycles. The first-order valence-electron chi connectivity index (χ1n) is 7.50. The molecule has 0 atom stereocenters. The van der Waals surface area contributed by atoms with Crippen LogP contribution >= 0.6 is 0 Å². The number of fused-ring (bicyclic) bond motifs is 3. The largest absolute Gasteiger partial charge is 0.320 e. The molecule has 0 N–H and O–H groups in total. The van der Waals surface area contributed by atoms with E-state index in [1.54, 1.807) is 0 Å². The SMILES string of the molecule is CC.CCC(C)(C)n1c2ccccc2c2cccnc21. The highest BCUT2D eigenvalue weighted by atomic mass is 15.1. The molecule has 106 valence electrons. The molecule has 0 radical (unpaired) electrons. The molecule has 3 aromatic rings. The maximum atomic E-state index is 4.60. The van der Waals surface area contributed by atoms with Gasteiger partial charge in [-0.05, 0) is 38.5 Å². The van der Waals surface area contributed by atoms with E-state index in [0.717, 1.165) is 12.1 Å². The van der Waals surface area contributed by atoms with Crippen molar-refractivity contribution in [1.82, 2.24) is 9.55 Å². The van der Waals surface area contributed by atoms with Crippen molar-refractivity contribution >= 4 is 21.9 Å². The van der Waals surface area contributed by atoms with E-state index in [-0.39, 0.29) is 5.54 Å². The van der Waals surface area contributed by atoms with Crippen molar-refractivity contribution < 1.29 is 0 Å². The minimum Gasteiger partial charge on any atom is -0.320 e. The van der Waals surface area contributed by atoms with Gasteiger partial charge in [0.05, 0.1) is 5.52 Å². The monoisotopic (exact) mass is 268 g/mol. The van der Waals surface area contributed by atoms with Crippen LogP contribution in [-0.2, 0) is 5.54 Å². The van der Waals surface area contributed by atoms with Crippen molar-refractivity contribution in [2.75, 3.05) is 0 Å². The molecule has 0 bridgehead atoms. The summed E-state index contributed by atoms with van der Waals surface area (Å²) < 4.78 is 2.37. The summed E-state index contributed by atoms with van der Waals surface area (Å²) >= 11 is 0. The first kappa shape index (κ1) is 14.6. The second-order valence-electron chi connectivity index (χ2n) is 5.39. The van der Waals surface area contributed by atoms with Crippen molar-refractivity contribution in [1.29, 1.82) is 0 Å².